The smallest absolute Gasteiger partial charge is 0.302 e. The van der Waals surface area contributed by atoms with E-state index >= 15 is 0 Å². The Morgan fingerprint density at radius 1 is 0.750 bits per heavy atom. The first-order chi connectivity index (χ1) is 15.1. The molecule has 4 unspecified atom stereocenters. The molecule has 2 fully saturated rings. The number of carbonyl (C=O) groups excluding carboxylic acids is 2. The summed E-state index contributed by atoms with van der Waals surface area (Å²) in [4.78, 5) is 22.8. The molecule has 2 aliphatic rings. The highest BCUT2D eigenvalue weighted by Crippen LogP contribution is 2.40. The molecular weight excluding hydrogens is 484 g/mol. The van der Waals surface area contributed by atoms with Crippen LogP contribution in [0.1, 0.15) is 48.5 Å². The van der Waals surface area contributed by atoms with Gasteiger partial charge in [-0.3, -0.25) is 9.59 Å². The Bertz CT molecular complexity index is 617. The van der Waals surface area contributed by atoms with Gasteiger partial charge in [-0.1, -0.05) is 50.5 Å². The van der Waals surface area contributed by atoms with Crippen molar-refractivity contribution in [3.63, 3.8) is 0 Å². The number of hydrogen-bond acceptors (Lipinski definition) is 8. The van der Waals surface area contributed by atoms with E-state index in [-0.39, 0.29) is 61.0 Å². The Kier molecular flexibility index (Phi) is 10.9. The maximum atomic E-state index is 11.5. The van der Waals surface area contributed by atoms with Crippen molar-refractivity contribution in [2.75, 3.05) is 25.2 Å². The van der Waals surface area contributed by atoms with Crippen molar-refractivity contribution in [1.29, 1.82) is 0 Å². The highest BCUT2D eigenvalue weighted by atomic mass is 79.9. The standard InChI is InChI=1S/C23H39BrO8/c1-12-13(2)19(10-28-17(6)25)30-23(15(12)4)32-21-14(3)16(5)22(27-9-8-24)31-20(21)11-29-18(7)26/h12-16,19-23H,8-11H2,1-7H3/t12-,13+,14+,15?,16?,19?,20?,21-,22+,23-/m0/s1. The maximum Gasteiger partial charge on any atom is 0.302 e. The lowest BCUT2D eigenvalue weighted by atomic mass is 9.78. The summed E-state index contributed by atoms with van der Waals surface area (Å²) in [6, 6.07) is 0. The molecule has 0 saturated carbocycles. The van der Waals surface area contributed by atoms with Gasteiger partial charge in [0.15, 0.2) is 12.6 Å². The molecular formula is C23H39BrO8. The van der Waals surface area contributed by atoms with Crippen LogP contribution >= 0.6 is 15.9 Å². The second-order valence-corrected chi connectivity index (χ2v) is 9.94. The Hall–Kier alpha value is -0.740. The van der Waals surface area contributed by atoms with E-state index in [1.807, 2.05) is 0 Å². The largest absolute Gasteiger partial charge is 0.463 e. The first kappa shape index (κ1) is 27.5. The molecule has 2 saturated heterocycles. The Balaban J connectivity index is 2.17. The Morgan fingerprint density at radius 3 is 1.84 bits per heavy atom. The van der Waals surface area contributed by atoms with E-state index in [0.717, 1.165) is 0 Å². The van der Waals surface area contributed by atoms with Crippen LogP contribution in [0.2, 0.25) is 0 Å². The van der Waals surface area contributed by atoms with Crippen LogP contribution in [0.25, 0.3) is 0 Å². The lowest BCUT2D eigenvalue weighted by molar-refractivity contribution is -0.327. The van der Waals surface area contributed by atoms with Gasteiger partial charge < -0.3 is 28.4 Å². The number of alkyl halides is 1. The number of halogens is 1. The van der Waals surface area contributed by atoms with E-state index in [2.05, 4.69) is 50.5 Å². The zero-order valence-electron chi connectivity index (χ0n) is 20.2. The lowest BCUT2D eigenvalue weighted by Gasteiger charge is -2.48. The molecule has 0 aromatic carbocycles. The van der Waals surface area contributed by atoms with Gasteiger partial charge in [0.05, 0.1) is 18.8 Å². The maximum absolute atomic E-state index is 11.5. The quantitative estimate of drug-likeness (QED) is 0.335. The molecule has 0 N–H and O–H groups in total. The molecule has 10 atom stereocenters. The average molecular weight is 523 g/mol. The fraction of sp³-hybridized carbons (Fsp3) is 0.913. The molecule has 2 aliphatic heterocycles. The van der Waals surface area contributed by atoms with Crippen LogP contribution in [0.3, 0.4) is 0 Å². The summed E-state index contributed by atoms with van der Waals surface area (Å²) in [6.45, 7) is 14.1. The van der Waals surface area contributed by atoms with Crippen molar-refractivity contribution >= 4 is 27.9 Å². The number of hydrogen-bond donors (Lipinski definition) is 0. The minimum absolute atomic E-state index is 0.0692. The van der Waals surface area contributed by atoms with Gasteiger partial charge in [-0.25, -0.2) is 0 Å². The number of esters is 2. The van der Waals surface area contributed by atoms with Crippen molar-refractivity contribution in [3.05, 3.63) is 0 Å². The van der Waals surface area contributed by atoms with Gasteiger partial charge in [0.25, 0.3) is 0 Å². The number of carbonyl (C=O) groups is 2. The zero-order chi connectivity index (χ0) is 24.0. The molecule has 0 amide bonds. The highest BCUT2D eigenvalue weighted by molar-refractivity contribution is 9.09. The van der Waals surface area contributed by atoms with Crippen molar-refractivity contribution in [1.82, 2.24) is 0 Å². The first-order valence-corrected chi connectivity index (χ1v) is 12.6. The normalized spacial score (nSPS) is 40.0. The van der Waals surface area contributed by atoms with Gasteiger partial charge in [0.2, 0.25) is 0 Å². The summed E-state index contributed by atoms with van der Waals surface area (Å²) in [5, 5.41) is 0.704. The molecule has 32 heavy (non-hydrogen) atoms. The lowest BCUT2D eigenvalue weighted by Crippen LogP contribution is -2.56. The topological polar surface area (TPSA) is 89.5 Å². The minimum atomic E-state index is -0.496. The number of ether oxygens (including phenoxy) is 6. The van der Waals surface area contributed by atoms with Gasteiger partial charge in [-0.15, -0.1) is 0 Å². The molecule has 2 heterocycles. The highest BCUT2D eigenvalue weighted by Gasteiger charge is 2.47. The van der Waals surface area contributed by atoms with Crippen LogP contribution in [0.4, 0.5) is 0 Å². The summed E-state index contributed by atoms with van der Waals surface area (Å²) < 4.78 is 35.4. The fourth-order valence-electron chi connectivity index (χ4n) is 4.34. The fourth-order valence-corrected chi connectivity index (χ4v) is 4.53. The summed E-state index contributed by atoms with van der Waals surface area (Å²) >= 11 is 3.38. The van der Waals surface area contributed by atoms with Crippen LogP contribution in [0.5, 0.6) is 0 Å². The minimum Gasteiger partial charge on any atom is -0.463 e. The van der Waals surface area contributed by atoms with E-state index in [0.29, 0.717) is 17.9 Å². The van der Waals surface area contributed by atoms with Crippen LogP contribution in [-0.4, -0.2) is 68.0 Å². The molecule has 0 aromatic heterocycles. The van der Waals surface area contributed by atoms with Crippen molar-refractivity contribution in [2.24, 2.45) is 29.6 Å². The van der Waals surface area contributed by atoms with Gasteiger partial charge in [0, 0.05) is 31.0 Å². The van der Waals surface area contributed by atoms with Gasteiger partial charge in [0.1, 0.15) is 19.3 Å². The van der Waals surface area contributed by atoms with E-state index in [1.165, 1.54) is 13.8 Å². The average Bonchev–Trinajstić information content (AvgIpc) is 2.74. The summed E-state index contributed by atoms with van der Waals surface area (Å²) in [5.41, 5.74) is 0. The van der Waals surface area contributed by atoms with Gasteiger partial charge in [-0.05, 0) is 17.8 Å². The van der Waals surface area contributed by atoms with E-state index in [1.54, 1.807) is 0 Å². The van der Waals surface area contributed by atoms with Gasteiger partial charge >= 0.3 is 11.9 Å². The summed E-state index contributed by atoms with van der Waals surface area (Å²) in [5.74, 6) is 0.0708. The molecule has 2 rings (SSSR count). The molecule has 0 aliphatic carbocycles. The molecule has 0 radical (unpaired) electrons. The molecule has 0 aromatic rings. The molecule has 8 nitrogen and oxygen atoms in total. The van der Waals surface area contributed by atoms with Crippen LogP contribution in [-0.2, 0) is 38.0 Å². The van der Waals surface area contributed by atoms with Crippen LogP contribution in [0.15, 0.2) is 0 Å². The summed E-state index contributed by atoms with van der Waals surface area (Å²) in [6.07, 6.45) is -2.00. The monoisotopic (exact) mass is 522 g/mol. The molecule has 186 valence electrons. The van der Waals surface area contributed by atoms with Crippen molar-refractivity contribution < 1.29 is 38.0 Å². The first-order valence-electron chi connectivity index (χ1n) is 11.5. The van der Waals surface area contributed by atoms with E-state index < -0.39 is 18.7 Å². The third-order valence-electron chi connectivity index (χ3n) is 6.99. The third kappa shape index (κ3) is 7.13. The number of rotatable bonds is 9. The second-order valence-electron chi connectivity index (χ2n) is 9.15. The van der Waals surface area contributed by atoms with Crippen LogP contribution < -0.4 is 0 Å². The predicted molar refractivity (Wildman–Crippen MR) is 121 cm³/mol. The van der Waals surface area contributed by atoms with Crippen molar-refractivity contribution in [2.45, 2.75) is 79.4 Å². The SMILES string of the molecule is CC(=O)OCC1O[C@@H](OCCBr)C(C)[C@@H](C)[C@@H]1O[C@@H]1OC(COC(C)=O)[C@H](C)[C@H](C)C1C. The molecule has 0 spiro atoms. The van der Waals surface area contributed by atoms with Crippen LogP contribution in [0, 0.1) is 29.6 Å². The second kappa shape index (κ2) is 12.6. The predicted octanol–water partition coefficient (Wildman–Crippen LogP) is 3.54. The summed E-state index contributed by atoms with van der Waals surface area (Å²) in [7, 11) is 0. The van der Waals surface area contributed by atoms with E-state index in [9.17, 15) is 9.59 Å². The van der Waals surface area contributed by atoms with E-state index in [4.69, 9.17) is 28.4 Å². The van der Waals surface area contributed by atoms with Gasteiger partial charge in [-0.2, -0.15) is 0 Å². The zero-order valence-corrected chi connectivity index (χ0v) is 21.8. The Morgan fingerprint density at radius 2 is 1.28 bits per heavy atom. The molecule has 0 bridgehead atoms. The Labute approximate surface area is 200 Å². The van der Waals surface area contributed by atoms with Crippen molar-refractivity contribution in [3.8, 4) is 0 Å². The molecule has 9 heteroatoms. The third-order valence-corrected chi connectivity index (χ3v) is 7.31.